The van der Waals surface area contributed by atoms with Gasteiger partial charge in [-0.2, -0.15) is 8.42 Å². The zero-order valence-electron chi connectivity index (χ0n) is 9.18. The van der Waals surface area contributed by atoms with Gasteiger partial charge in [-0.05, 0) is 24.0 Å². The van der Waals surface area contributed by atoms with Crippen molar-refractivity contribution in [1.29, 1.82) is 0 Å². The first-order valence-electron chi connectivity index (χ1n) is 5.54. The van der Waals surface area contributed by atoms with E-state index in [-0.39, 0.29) is 5.78 Å². The standard InChI is InChI=1S/C12H12O4S/c13-11-8-17(14,15)16-12(11)6-5-9-3-1-2-4-10(9)7-12/h1-4H,5-8H2. The van der Waals surface area contributed by atoms with E-state index in [1.165, 1.54) is 5.56 Å². The number of ketones is 1. The van der Waals surface area contributed by atoms with E-state index in [4.69, 9.17) is 4.18 Å². The molecule has 90 valence electrons. The number of carbonyl (C=O) groups excluding carboxylic acids is 1. The lowest BCUT2D eigenvalue weighted by molar-refractivity contribution is -0.129. The predicted molar refractivity (Wildman–Crippen MR) is 61.1 cm³/mol. The monoisotopic (exact) mass is 252 g/mol. The quantitative estimate of drug-likeness (QED) is 0.642. The summed E-state index contributed by atoms with van der Waals surface area (Å²) in [6.45, 7) is 0. The van der Waals surface area contributed by atoms with Gasteiger partial charge in [0.15, 0.2) is 11.4 Å². The second-order valence-electron chi connectivity index (χ2n) is 4.65. The highest BCUT2D eigenvalue weighted by Gasteiger charge is 2.52. The molecule has 2 aliphatic rings. The number of benzene rings is 1. The molecule has 17 heavy (non-hydrogen) atoms. The van der Waals surface area contributed by atoms with Gasteiger partial charge in [0.05, 0.1) is 0 Å². The Morgan fingerprint density at radius 1 is 1.18 bits per heavy atom. The lowest BCUT2D eigenvalue weighted by atomic mass is 9.78. The van der Waals surface area contributed by atoms with E-state index >= 15 is 0 Å². The maximum absolute atomic E-state index is 11.9. The van der Waals surface area contributed by atoms with Crippen molar-refractivity contribution in [1.82, 2.24) is 0 Å². The van der Waals surface area contributed by atoms with E-state index < -0.39 is 21.5 Å². The summed E-state index contributed by atoms with van der Waals surface area (Å²) >= 11 is 0. The smallest absolute Gasteiger partial charge is 0.275 e. The summed E-state index contributed by atoms with van der Waals surface area (Å²) < 4.78 is 27.8. The van der Waals surface area contributed by atoms with Gasteiger partial charge in [-0.1, -0.05) is 24.3 Å². The van der Waals surface area contributed by atoms with Crippen LogP contribution < -0.4 is 0 Å². The molecule has 1 spiro atoms. The van der Waals surface area contributed by atoms with Crippen molar-refractivity contribution in [2.75, 3.05) is 5.75 Å². The number of rotatable bonds is 0. The van der Waals surface area contributed by atoms with Crippen LogP contribution >= 0.6 is 0 Å². The first-order valence-corrected chi connectivity index (χ1v) is 7.12. The number of hydrogen-bond donors (Lipinski definition) is 0. The minimum atomic E-state index is -3.66. The molecule has 3 rings (SSSR count). The van der Waals surface area contributed by atoms with Crippen LogP contribution in [0.15, 0.2) is 24.3 Å². The summed E-state index contributed by atoms with van der Waals surface area (Å²) in [5.74, 6) is -0.776. The van der Waals surface area contributed by atoms with Crippen molar-refractivity contribution in [2.45, 2.75) is 24.9 Å². The molecule has 0 N–H and O–H groups in total. The van der Waals surface area contributed by atoms with Gasteiger partial charge in [0.2, 0.25) is 0 Å². The third-order valence-electron chi connectivity index (χ3n) is 3.50. The maximum Gasteiger partial charge on any atom is 0.275 e. The van der Waals surface area contributed by atoms with Crippen LogP contribution in [-0.2, 0) is 31.9 Å². The molecule has 1 fully saturated rings. The third-order valence-corrected chi connectivity index (χ3v) is 4.68. The van der Waals surface area contributed by atoms with Gasteiger partial charge < -0.3 is 0 Å². The Morgan fingerprint density at radius 2 is 1.88 bits per heavy atom. The zero-order valence-corrected chi connectivity index (χ0v) is 10.00. The normalized spacial score (nSPS) is 30.5. The van der Waals surface area contributed by atoms with Crippen LogP contribution in [0.3, 0.4) is 0 Å². The highest BCUT2D eigenvalue weighted by molar-refractivity contribution is 7.88. The molecule has 4 nitrogen and oxygen atoms in total. The first kappa shape index (κ1) is 10.9. The zero-order chi connectivity index (χ0) is 12.1. The van der Waals surface area contributed by atoms with Gasteiger partial charge in [0.1, 0.15) is 5.75 Å². The summed E-state index contributed by atoms with van der Waals surface area (Å²) in [6.07, 6.45) is 1.53. The third kappa shape index (κ3) is 1.70. The van der Waals surface area contributed by atoms with Crippen molar-refractivity contribution in [3.63, 3.8) is 0 Å². The van der Waals surface area contributed by atoms with E-state index in [0.717, 1.165) is 5.56 Å². The molecule has 1 aromatic carbocycles. The molecule has 1 aromatic rings. The fraction of sp³-hybridized carbons (Fsp3) is 0.417. The lowest BCUT2D eigenvalue weighted by Gasteiger charge is -2.30. The predicted octanol–water partition coefficient (Wildman–Crippen LogP) is 0.843. The summed E-state index contributed by atoms with van der Waals surface area (Å²) in [5.41, 5.74) is 1.08. The van der Waals surface area contributed by atoms with Crippen molar-refractivity contribution in [2.24, 2.45) is 0 Å². The largest absolute Gasteiger partial charge is 0.295 e. The summed E-state index contributed by atoms with van der Waals surface area (Å²) in [5, 5.41) is 0. The van der Waals surface area contributed by atoms with E-state index in [1.54, 1.807) is 0 Å². The van der Waals surface area contributed by atoms with Crippen LogP contribution in [0, 0.1) is 0 Å². The van der Waals surface area contributed by atoms with Gasteiger partial charge in [-0.3, -0.25) is 8.98 Å². The number of aryl methyl sites for hydroxylation is 1. The average molecular weight is 252 g/mol. The second-order valence-corrected chi connectivity index (χ2v) is 6.22. The fourth-order valence-electron chi connectivity index (χ4n) is 2.63. The average Bonchev–Trinajstić information content (AvgIpc) is 2.48. The molecule has 1 unspecified atom stereocenters. The molecule has 1 aliphatic carbocycles. The van der Waals surface area contributed by atoms with E-state index in [0.29, 0.717) is 19.3 Å². The van der Waals surface area contributed by atoms with Gasteiger partial charge in [-0.25, -0.2) is 0 Å². The van der Waals surface area contributed by atoms with Crippen molar-refractivity contribution < 1.29 is 17.4 Å². The van der Waals surface area contributed by atoms with Gasteiger partial charge in [0, 0.05) is 6.42 Å². The Labute approximate surface area is 99.7 Å². The highest BCUT2D eigenvalue weighted by Crippen LogP contribution is 2.37. The molecule has 1 saturated heterocycles. The maximum atomic E-state index is 11.9. The number of carbonyl (C=O) groups is 1. The highest BCUT2D eigenvalue weighted by atomic mass is 32.2. The Morgan fingerprint density at radius 3 is 2.53 bits per heavy atom. The van der Waals surface area contributed by atoms with E-state index in [1.807, 2.05) is 24.3 Å². The number of Topliss-reactive ketones (excluding diaryl/α,β-unsaturated/α-hetero) is 1. The van der Waals surface area contributed by atoms with Crippen molar-refractivity contribution in [3.8, 4) is 0 Å². The summed E-state index contributed by atoms with van der Waals surface area (Å²) in [7, 11) is -3.66. The van der Waals surface area contributed by atoms with Gasteiger partial charge >= 0.3 is 0 Å². The Hall–Kier alpha value is -1.20. The van der Waals surface area contributed by atoms with Crippen molar-refractivity contribution in [3.05, 3.63) is 35.4 Å². The molecule has 0 aromatic heterocycles. The number of hydrogen-bond acceptors (Lipinski definition) is 4. The summed E-state index contributed by atoms with van der Waals surface area (Å²) in [6, 6.07) is 7.78. The Bertz CT molecular complexity index is 590. The first-order chi connectivity index (χ1) is 8.01. The molecular formula is C12H12O4S. The fourth-order valence-corrected chi connectivity index (χ4v) is 3.99. The topological polar surface area (TPSA) is 60.4 Å². The van der Waals surface area contributed by atoms with Crippen LogP contribution in [0.25, 0.3) is 0 Å². The molecule has 0 bridgehead atoms. The molecule has 0 amide bonds. The molecular weight excluding hydrogens is 240 g/mol. The van der Waals surface area contributed by atoms with Crippen molar-refractivity contribution >= 4 is 15.9 Å². The lowest BCUT2D eigenvalue weighted by Crippen LogP contribution is -2.42. The SMILES string of the molecule is O=C1CS(=O)(=O)OC12CCc1ccccc1C2. The van der Waals surface area contributed by atoms with Crippen LogP contribution in [0.1, 0.15) is 17.5 Å². The summed E-state index contributed by atoms with van der Waals surface area (Å²) in [4.78, 5) is 11.9. The molecule has 1 heterocycles. The van der Waals surface area contributed by atoms with E-state index in [2.05, 4.69) is 0 Å². The second kappa shape index (κ2) is 3.40. The Balaban J connectivity index is 2.02. The molecule has 0 radical (unpaired) electrons. The molecule has 0 saturated carbocycles. The minimum absolute atomic E-state index is 0.299. The number of fused-ring (bicyclic) bond motifs is 1. The molecule has 1 aliphatic heterocycles. The van der Waals surface area contributed by atoms with Crippen LogP contribution in [0.2, 0.25) is 0 Å². The van der Waals surface area contributed by atoms with E-state index in [9.17, 15) is 13.2 Å². The van der Waals surface area contributed by atoms with Crippen LogP contribution in [-0.4, -0.2) is 25.6 Å². The molecule has 5 heteroatoms. The van der Waals surface area contributed by atoms with Gasteiger partial charge in [-0.15, -0.1) is 0 Å². The minimum Gasteiger partial charge on any atom is -0.295 e. The van der Waals surface area contributed by atoms with Crippen LogP contribution in [0.5, 0.6) is 0 Å². The Kier molecular flexibility index (Phi) is 2.18. The molecule has 1 atom stereocenters. The van der Waals surface area contributed by atoms with Crippen LogP contribution in [0.4, 0.5) is 0 Å². The van der Waals surface area contributed by atoms with Gasteiger partial charge in [0.25, 0.3) is 10.1 Å².